The van der Waals surface area contributed by atoms with Crippen molar-refractivity contribution >= 4 is 122 Å². The summed E-state index contributed by atoms with van der Waals surface area (Å²) in [5.74, 6) is -6.59. The highest BCUT2D eigenvalue weighted by Gasteiger charge is 2.50. The van der Waals surface area contributed by atoms with Crippen molar-refractivity contribution in [2.45, 2.75) is 75.1 Å². The number of alkyl halides is 6. The number of aryl methyl sites for hydroxylation is 5. The zero-order chi connectivity index (χ0) is 78.4. The fourth-order valence-corrected chi connectivity index (χ4v) is 13.3. The van der Waals surface area contributed by atoms with Gasteiger partial charge in [0, 0.05) is 42.5 Å². The standard InChI is InChI=1S/C33H27F3N2O8S2.C31H23F3N2O9S2.C5H10Si.BBr3/c1-20-7-11-24(12-8-20)47(41,42)38-17-15-27(30(38)32(40)25-13-9-21(2)18-22(25)3)37-16-5-6-28(37)31(39)26-14-10-23(19-29(26)45-4)46-48(43,44)33(34,35)36;1-18-5-9-21(10-6-18)46(41,42)36-15-13-24(28(36)30(40)23-11-7-19(2)16-26(23)37)35-14-3-4-25(35)29(39)22-12-8-20(17-27(22)38)45-47(43,44)31(32,33)34;1-5-6(2,3)4;2-1(3)4/h5-19H,1-4H3;3-17,37-38H,1-2H3;1H,2-4H3;. The summed E-state index contributed by atoms with van der Waals surface area (Å²) in [6.45, 7) is 15.2. The van der Waals surface area contributed by atoms with E-state index in [9.17, 15) is 89.4 Å². The van der Waals surface area contributed by atoms with Crippen molar-refractivity contribution in [3.05, 3.63) is 255 Å². The summed E-state index contributed by atoms with van der Waals surface area (Å²) in [6.07, 6.45) is 10.2. The van der Waals surface area contributed by atoms with Gasteiger partial charge in [0.15, 0.2) is 0 Å². The van der Waals surface area contributed by atoms with E-state index in [1.807, 2.05) is 6.92 Å². The number of carbonyl (C=O) groups excluding carboxylic acids is 4. The van der Waals surface area contributed by atoms with Crippen LogP contribution in [0, 0.1) is 46.6 Å². The smallest absolute Gasteiger partial charge is 0.507 e. The summed E-state index contributed by atoms with van der Waals surface area (Å²) in [7, 11) is -20.8. The minimum Gasteiger partial charge on any atom is -0.507 e. The zero-order valence-corrected chi connectivity index (χ0v) is 65.3. The lowest BCUT2D eigenvalue weighted by atomic mass is 10.00. The number of hydrogen-bond acceptors (Lipinski definition) is 17. The van der Waals surface area contributed by atoms with Gasteiger partial charge in [0.2, 0.25) is 23.1 Å². The highest BCUT2D eigenvalue weighted by Crippen LogP contribution is 2.37. The lowest BCUT2D eigenvalue weighted by Gasteiger charge is -2.16. The summed E-state index contributed by atoms with van der Waals surface area (Å²) in [6, 6.07) is 34.0. The molecule has 10 aromatic rings. The highest BCUT2D eigenvalue weighted by molar-refractivity contribution is 9.69. The molecule has 4 heterocycles. The second kappa shape index (κ2) is 32.7. The fourth-order valence-electron chi connectivity index (χ4n) is 9.68. The lowest BCUT2D eigenvalue weighted by Crippen LogP contribution is -2.28. The lowest BCUT2D eigenvalue weighted by molar-refractivity contribution is -0.0504. The number of nitrogens with zero attached hydrogens (tertiary/aromatic N) is 4. The molecule has 21 nitrogen and oxygen atoms in total. The molecule has 0 aliphatic rings. The van der Waals surface area contributed by atoms with Crippen LogP contribution in [0.15, 0.2) is 192 Å². The molecule has 0 fully saturated rings. The van der Waals surface area contributed by atoms with Crippen molar-refractivity contribution in [3.63, 3.8) is 0 Å². The number of benzene rings is 6. The minimum absolute atomic E-state index is 0.0409. The van der Waals surface area contributed by atoms with Gasteiger partial charge in [-0.05, 0) is 143 Å². The summed E-state index contributed by atoms with van der Waals surface area (Å²) in [4.78, 5) is 55.5. The van der Waals surface area contributed by atoms with Crippen molar-refractivity contribution in [2.75, 3.05) is 7.11 Å². The van der Waals surface area contributed by atoms with Crippen LogP contribution in [0.4, 0.5) is 26.3 Å². The van der Waals surface area contributed by atoms with E-state index in [0.29, 0.717) is 21.2 Å². The van der Waals surface area contributed by atoms with Crippen LogP contribution in [0.1, 0.15) is 92.0 Å². The maximum Gasteiger partial charge on any atom is 0.534 e. The van der Waals surface area contributed by atoms with E-state index in [2.05, 4.69) is 80.8 Å². The number of methoxy groups -OCH3 is 1. The number of phenolic OH excluding ortho intramolecular Hbond substituents is 2. The van der Waals surface area contributed by atoms with Gasteiger partial charge in [-0.3, -0.25) is 19.2 Å². The molecular weight excluding hydrogens is 1680 g/mol. The van der Waals surface area contributed by atoms with Crippen LogP contribution in [0.3, 0.4) is 0 Å². The molecule has 4 aromatic heterocycles. The molecule has 0 unspecified atom stereocenters. The van der Waals surface area contributed by atoms with Crippen LogP contribution < -0.4 is 13.1 Å². The molecule has 0 bridgehead atoms. The number of hydrogen-bond donors (Lipinski definition) is 2. The van der Waals surface area contributed by atoms with Gasteiger partial charge >= 0.3 is 34.4 Å². The summed E-state index contributed by atoms with van der Waals surface area (Å²) in [5.41, 5.74) is -6.80. The topological polar surface area (TPSA) is 293 Å². The van der Waals surface area contributed by atoms with Gasteiger partial charge < -0.3 is 32.5 Å². The normalized spacial score (nSPS) is 11.9. The average molecular weight is 1740 g/mol. The van der Waals surface area contributed by atoms with Gasteiger partial charge in [0.25, 0.3) is 20.0 Å². The van der Waals surface area contributed by atoms with Crippen LogP contribution >= 0.6 is 47.3 Å². The molecule has 10 rings (SSSR count). The maximum atomic E-state index is 14.2. The Labute approximate surface area is 626 Å². The molecule has 2 N–H and O–H groups in total. The van der Waals surface area contributed by atoms with E-state index < -0.39 is 117 Å². The Bertz CT molecular complexity index is 5520. The quantitative estimate of drug-likeness (QED) is 0.0190. The first kappa shape index (κ1) is 83.1. The van der Waals surface area contributed by atoms with Crippen LogP contribution in [0.25, 0.3) is 11.4 Å². The number of rotatable bonds is 19. The summed E-state index contributed by atoms with van der Waals surface area (Å²) < 4.78 is 196. The second-order valence-electron chi connectivity index (χ2n) is 23.7. The van der Waals surface area contributed by atoms with E-state index >= 15 is 0 Å². The first-order valence-electron chi connectivity index (χ1n) is 30.1. The molecule has 0 saturated heterocycles. The number of aromatic hydroxyl groups is 2. The third-order valence-corrected chi connectivity index (χ3v) is 21.0. The molecule has 0 aliphatic heterocycles. The molecule has 105 heavy (non-hydrogen) atoms. The molecule has 0 spiro atoms. The van der Waals surface area contributed by atoms with Gasteiger partial charge in [-0.2, -0.15) is 43.2 Å². The van der Waals surface area contributed by atoms with Crippen LogP contribution in [-0.2, 0) is 40.3 Å². The monoisotopic (exact) mass is 1730 g/mol. The van der Waals surface area contributed by atoms with Gasteiger partial charge in [-0.1, -0.05) is 84.9 Å². The van der Waals surface area contributed by atoms with Crippen molar-refractivity contribution in [1.29, 1.82) is 0 Å². The molecule has 0 aliphatic carbocycles. The van der Waals surface area contributed by atoms with Crippen LogP contribution in [0.2, 0.25) is 19.6 Å². The fraction of sp³-hybridized carbons (Fsp3) is 0.159. The van der Waals surface area contributed by atoms with Crippen molar-refractivity contribution in [3.8, 4) is 52.1 Å². The Balaban J connectivity index is 0.000000260. The number of halogens is 9. The molecule has 36 heteroatoms. The minimum atomic E-state index is -6.06. The second-order valence-corrected chi connectivity index (χ2v) is 41.6. The average Bonchev–Trinajstić information content (AvgIpc) is 1.63. The third-order valence-electron chi connectivity index (χ3n) is 14.8. The van der Waals surface area contributed by atoms with Gasteiger partial charge in [-0.15, -0.1) is 59.2 Å². The Kier molecular flexibility index (Phi) is 25.8. The first-order chi connectivity index (χ1) is 48.7. The van der Waals surface area contributed by atoms with Crippen molar-refractivity contribution < 1.29 is 103 Å². The van der Waals surface area contributed by atoms with Gasteiger partial charge in [0.1, 0.15) is 48.2 Å². The van der Waals surface area contributed by atoms with E-state index in [0.717, 1.165) is 68.9 Å². The molecule has 0 amide bonds. The van der Waals surface area contributed by atoms with E-state index in [-0.39, 0.29) is 63.9 Å². The molecule has 0 radical (unpaired) electrons. The number of terminal acetylenes is 1. The number of carbonyl (C=O) groups is 4. The third kappa shape index (κ3) is 19.3. The molecule has 0 atom stereocenters. The number of aromatic nitrogens is 4. The molecule has 552 valence electrons. The SMILES string of the molecule is BrB(Br)Br.C#C[Si](C)(C)C.COc1cc(OS(=O)(=O)C(F)(F)F)ccc1C(=O)c1cccn1-c1ccn(S(=O)(=O)c2ccc(C)cc2)c1C(=O)c1ccc(C)cc1C.Cc1ccc(S(=O)(=O)n2ccc(-n3cccc3C(=O)c3ccc(OS(=O)(=O)C(F)(F)F)cc3O)c2C(=O)c2ccc(C)cc2O)cc1. The number of phenols is 2. The maximum absolute atomic E-state index is 14.2. The highest BCUT2D eigenvalue weighted by atomic mass is 79.9. The van der Waals surface area contributed by atoms with Crippen LogP contribution in [-0.4, -0.2) is 113 Å². The van der Waals surface area contributed by atoms with E-state index in [1.165, 1.54) is 102 Å². The Morgan fingerprint density at radius 2 is 0.819 bits per heavy atom. The van der Waals surface area contributed by atoms with Gasteiger partial charge in [-0.25, -0.2) is 24.8 Å². The van der Waals surface area contributed by atoms with Crippen molar-refractivity contribution in [1.82, 2.24) is 17.1 Å². The number of ether oxygens (including phenoxy) is 1. The number of ketones is 4. The molecule has 0 saturated carbocycles. The molecule has 6 aromatic carbocycles. The van der Waals surface area contributed by atoms with E-state index in [1.54, 1.807) is 70.2 Å². The zero-order valence-electron chi connectivity index (χ0n) is 56.3. The first-order valence-corrected chi connectivity index (χ1v) is 42.0. The largest absolute Gasteiger partial charge is 0.534 e. The van der Waals surface area contributed by atoms with E-state index in [4.69, 9.17) is 11.2 Å². The Morgan fingerprint density at radius 3 is 1.20 bits per heavy atom. The summed E-state index contributed by atoms with van der Waals surface area (Å²) >= 11 is 9.31. The van der Waals surface area contributed by atoms with Gasteiger partial charge in [0.05, 0.1) is 56.4 Å². The molecular formula is C69H60BBr3F6N4O17S4Si. The predicted molar refractivity (Wildman–Crippen MR) is 395 cm³/mol. The Morgan fingerprint density at radius 1 is 0.476 bits per heavy atom. The summed E-state index contributed by atoms with van der Waals surface area (Å²) in [5, 5.41) is 21.1. The Hall–Kier alpha value is -9.22. The van der Waals surface area contributed by atoms with Crippen LogP contribution in [0.5, 0.6) is 28.7 Å². The predicted octanol–water partition coefficient (Wildman–Crippen LogP) is 15.0. The van der Waals surface area contributed by atoms with Crippen molar-refractivity contribution in [2.24, 2.45) is 0 Å².